The highest BCUT2D eigenvalue weighted by Gasteiger charge is 2.17. The zero-order chi connectivity index (χ0) is 24.8. The third-order valence-corrected chi connectivity index (χ3v) is 2.23. The smallest absolute Gasteiger partial charge is 0.124 e. The van der Waals surface area contributed by atoms with Crippen LogP contribution in [0.3, 0.4) is 0 Å². The van der Waals surface area contributed by atoms with E-state index in [0.717, 1.165) is 19.3 Å². The highest BCUT2D eigenvalue weighted by molar-refractivity contribution is 5.25. The van der Waals surface area contributed by atoms with Gasteiger partial charge in [0.2, 0.25) is 0 Å². The molecule has 1 unspecified atom stereocenters. The normalized spacial score (nSPS) is 24.8. The number of hydrogen-bond acceptors (Lipinski definition) is 3. The molecule has 1 atom stereocenters. The van der Waals surface area contributed by atoms with Crippen LogP contribution in [0.5, 0.6) is 0 Å². The van der Waals surface area contributed by atoms with E-state index in [4.69, 9.17) is 22.6 Å². The van der Waals surface area contributed by atoms with Crippen molar-refractivity contribution in [2.24, 2.45) is 6.98 Å². The second-order valence-corrected chi connectivity index (χ2v) is 3.70. The van der Waals surface area contributed by atoms with Gasteiger partial charge in [0, 0.05) is 27.9 Å². The quantitative estimate of drug-likeness (QED) is 0.806. The van der Waals surface area contributed by atoms with E-state index in [9.17, 15) is 0 Å². The van der Waals surface area contributed by atoms with Crippen molar-refractivity contribution in [3.05, 3.63) is 53.7 Å². The summed E-state index contributed by atoms with van der Waals surface area (Å²) < 4.78 is 107. The third kappa shape index (κ3) is 3.66. The van der Waals surface area contributed by atoms with Crippen LogP contribution in [-0.2, 0) is 11.7 Å². The molecule has 0 spiro atoms. The van der Waals surface area contributed by atoms with Crippen LogP contribution in [0.4, 0.5) is 0 Å². The summed E-state index contributed by atoms with van der Waals surface area (Å²) in [7, 11) is 1.13. The van der Waals surface area contributed by atoms with Crippen LogP contribution < -0.4 is 0 Å². The molecule has 0 N–H and O–H groups in total. The molecule has 0 aliphatic carbocycles. The highest BCUT2D eigenvalue weighted by Crippen LogP contribution is 2.25. The first kappa shape index (κ1) is 4.72. The van der Waals surface area contributed by atoms with Crippen molar-refractivity contribution in [3.63, 3.8) is 0 Å². The van der Waals surface area contributed by atoms with E-state index in [2.05, 4.69) is 5.10 Å². The first-order valence-electron chi connectivity index (χ1n) is 11.9. The fourth-order valence-electron chi connectivity index (χ4n) is 1.39. The Morgan fingerprint density at radius 2 is 2.37 bits per heavy atom. The Morgan fingerprint density at radius 3 is 3.11 bits per heavy atom. The average molecular weight is 272 g/mol. The summed E-state index contributed by atoms with van der Waals surface area (Å²) in [5.41, 5.74) is -0.814. The Bertz CT molecular complexity index is 953. The Labute approximate surface area is 132 Å². The molecule has 0 bridgehead atoms. The fraction of sp³-hybridized carbons (Fsp3) is 0.400. The van der Waals surface area contributed by atoms with Gasteiger partial charge in [-0.15, -0.1) is 0 Å². The van der Waals surface area contributed by atoms with Gasteiger partial charge in [0.25, 0.3) is 0 Å². The minimum absolute atomic E-state index is 0.302. The number of benzene rings is 1. The Hall–Kier alpha value is -1.65. The lowest BCUT2D eigenvalue weighted by Gasteiger charge is -2.20. The number of nitrogens with zero attached hydrogens (tertiary/aromatic N) is 3. The fourth-order valence-corrected chi connectivity index (χ4v) is 1.39. The van der Waals surface area contributed by atoms with Gasteiger partial charge >= 0.3 is 0 Å². The standard InChI is InChI=1S/C15H21N3O/c1-17(2)11-12-19-15(13-7-5-4-6-8-13)14-9-10-16-18(14)3/h4-10,15H,11-12H2,1-3H3/i1D3,3D3,4D,5D,6D,7D,8D,12D2. The van der Waals surface area contributed by atoms with Gasteiger partial charge in [-0.2, -0.15) is 5.10 Å². The zero-order valence-corrected chi connectivity index (χ0v) is 10.2. The number of hydrogen-bond donors (Lipinski definition) is 0. The molecule has 4 heteroatoms. The molecule has 0 saturated heterocycles. The molecule has 0 aliphatic heterocycles. The molecule has 1 heterocycles. The molecule has 2 rings (SSSR count). The maximum atomic E-state index is 8.20. The third-order valence-electron chi connectivity index (χ3n) is 2.23. The summed E-state index contributed by atoms with van der Waals surface area (Å²) in [6, 6.07) is -2.44. The summed E-state index contributed by atoms with van der Waals surface area (Å²) >= 11 is 0. The minimum atomic E-state index is -2.85. The average Bonchev–Trinajstić information content (AvgIpc) is 3.13. The van der Waals surface area contributed by atoms with Gasteiger partial charge in [0.05, 0.1) is 21.8 Å². The summed E-state index contributed by atoms with van der Waals surface area (Å²) in [5, 5.41) is 3.68. The van der Waals surface area contributed by atoms with Crippen LogP contribution in [0, 0.1) is 0 Å². The van der Waals surface area contributed by atoms with Gasteiger partial charge in [-0.25, -0.2) is 0 Å². The Morgan fingerprint density at radius 1 is 1.53 bits per heavy atom. The maximum Gasteiger partial charge on any atom is 0.124 e. The molecule has 0 amide bonds. The lowest BCUT2D eigenvalue weighted by Crippen LogP contribution is -2.20. The molecule has 1 aromatic carbocycles. The Kier molecular flexibility index (Phi) is 1.61. The number of rotatable bonds is 6. The summed E-state index contributed by atoms with van der Waals surface area (Å²) in [5.74, 6) is 0. The predicted molar refractivity (Wildman–Crippen MR) is 76.0 cm³/mol. The first-order chi connectivity index (χ1) is 14.4. The largest absolute Gasteiger partial charge is 0.366 e. The molecule has 2 aromatic rings. The predicted octanol–water partition coefficient (Wildman–Crippen LogP) is 2.09. The van der Waals surface area contributed by atoms with Crippen LogP contribution in [-0.4, -0.2) is 41.8 Å². The van der Waals surface area contributed by atoms with E-state index in [1.54, 1.807) is 0 Å². The summed E-state index contributed by atoms with van der Waals surface area (Å²) in [6.07, 6.45) is -0.732. The first-order valence-corrected chi connectivity index (χ1v) is 5.39. The molecule has 0 radical (unpaired) electrons. The summed E-state index contributed by atoms with van der Waals surface area (Å²) in [6.45, 7) is -9.04. The van der Waals surface area contributed by atoms with Gasteiger partial charge < -0.3 is 9.64 Å². The lowest BCUT2D eigenvalue weighted by atomic mass is 10.1. The van der Waals surface area contributed by atoms with E-state index >= 15 is 0 Å². The zero-order valence-electron chi connectivity index (χ0n) is 23.2. The SMILES string of the molecule is [2H]c1c([2H])c([2H])c(C(OC([2H])([2H])CN(C)C([2H])([2H])[2H])c2ccnn2C([2H])([2H])[2H])c([2H])c1[2H]. The van der Waals surface area contributed by atoms with Crippen molar-refractivity contribution in [1.29, 1.82) is 0 Å². The van der Waals surface area contributed by atoms with E-state index < -0.39 is 68.9 Å². The number of ether oxygens (including phenoxy) is 1. The van der Waals surface area contributed by atoms with E-state index in [1.807, 2.05) is 0 Å². The molecular weight excluding hydrogens is 238 g/mol. The molecule has 102 valence electrons. The van der Waals surface area contributed by atoms with E-state index in [1.165, 1.54) is 0 Å². The lowest BCUT2D eigenvalue weighted by molar-refractivity contribution is 0.0638. The molecule has 0 fully saturated rings. The van der Waals surface area contributed by atoms with Gasteiger partial charge in [-0.3, -0.25) is 4.68 Å². The molecule has 0 saturated carbocycles. The van der Waals surface area contributed by atoms with Crippen molar-refractivity contribution in [3.8, 4) is 0 Å². The molecule has 1 aromatic heterocycles. The van der Waals surface area contributed by atoms with E-state index in [0.29, 0.717) is 9.58 Å². The maximum absolute atomic E-state index is 8.20. The van der Waals surface area contributed by atoms with Gasteiger partial charge in [-0.05, 0) is 25.7 Å². The van der Waals surface area contributed by atoms with E-state index in [-0.39, 0.29) is 5.69 Å². The van der Waals surface area contributed by atoms with Crippen LogP contribution in [0.15, 0.2) is 42.5 Å². The van der Waals surface area contributed by atoms with Crippen molar-refractivity contribution in [2.75, 3.05) is 27.1 Å². The monoisotopic (exact) mass is 272 g/mol. The molecule has 4 nitrogen and oxygen atoms in total. The second kappa shape index (κ2) is 6.50. The topological polar surface area (TPSA) is 30.3 Å². The molecule has 0 aliphatic rings. The number of aryl methyl sites for hydroxylation is 1. The van der Waals surface area contributed by atoms with Gasteiger partial charge in [-0.1, -0.05) is 30.2 Å². The highest BCUT2D eigenvalue weighted by atomic mass is 16.5. The van der Waals surface area contributed by atoms with Crippen LogP contribution in [0.1, 0.15) is 35.2 Å². The van der Waals surface area contributed by atoms with Crippen LogP contribution in [0.25, 0.3) is 0 Å². The Balaban J connectivity index is 2.71. The second-order valence-electron chi connectivity index (χ2n) is 3.70. The van der Waals surface area contributed by atoms with Crippen LogP contribution >= 0.6 is 0 Å². The van der Waals surface area contributed by atoms with Crippen LogP contribution in [0.2, 0.25) is 0 Å². The minimum Gasteiger partial charge on any atom is -0.366 e. The number of aromatic nitrogens is 2. The van der Waals surface area contributed by atoms with Crippen molar-refractivity contribution < 1.29 is 22.6 Å². The van der Waals surface area contributed by atoms with Gasteiger partial charge in [0.15, 0.2) is 0 Å². The van der Waals surface area contributed by atoms with Crippen molar-refractivity contribution in [1.82, 2.24) is 14.7 Å². The van der Waals surface area contributed by atoms with Crippen molar-refractivity contribution in [2.45, 2.75) is 6.10 Å². The number of likely N-dealkylation sites (N-methyl/N-ethyl adjacent to an activating group) is 1. The summed E-state index contributed by atoms with van der Waals surface area (Å²) in [4.78, 5) is 0.688. The molecular formula is C15H21N3O. The van der Waals surface area contributed by atoms with Gasteiger partial charge in [0.1, 0.15) is 6.10 Å². The molecule has 19 heavy (non-hydrogen) atoms. The van der Waals surface area contributed by atoms with Crippen molar-refractivity contribution >= 4 is 0 Å².